The minimum absolute atomic E-state index is 0.0891. The maximum atomic E-state index is 12.1. The summed E-state index contributed by atoms with van der Waals surface area (Å²) in [7, 11) is 1.58. The molecule has 1 fully saturated rings. The highest BCUT2D eigenvalue weighted by molar-refractivity contribution is 6.34. The molecule has 0 spiro atoms. The number of methoxy groups -OCH3 is 1. The summed E-state index contributed by atoms with van der Waals surface area (Å²) in [5, 5.41) is 3.76. The Morgan fingerprint density at radius 2 is 2.16 bits per heavy atom. The van der Waals surface area contributed by atoms with Gasteiger partial charge in [0, 0.05) is 44.7 Å². The van der Waals surface area contributed by atoms with Crippen molar-refractivity contribution in [3.8, 4) is 5.75 Å². The maximum Gasteiger partial charge on any atom is 0.165 e. The van der Waals surface area contributed by atoms with E-state index in [1.165, 1.54) is 0 Å². The van der Waals surface area contributed by atoms with Crippen molar-refractivity contribution >= 4 is 17.4 Å². The van der Waals surface area contributed by atoms with E-state index in [1.54, 1.807) is 25.3 Å². The van der Waals surface area contributed by atoms with Crippen LogP contribution in [0.5, 0.6) is 5.75 Å². The standard InChI is InChI=1S/C14H19ClN2O2/c1-19-11-2-3-12(13(15)10-11)14(18)4-7-17-8-5-16-6-9-17/h2-3,10,16H,4-9H2,1H3. The molecule has 0 aliphatic carbocycles. The third-order valence-electron chi connectivity index (χ3n) is 3.34. The van der Waals surface area contributed by atoms with Crippen molar-refractivity contribution in [3.05, 3.63) is 28.8 Å². The molecule has 19 heavy (non-hydrogen) atoms. The fourth-order valence-corrected chi connectivity index (χ4v) is 2.45. The number of ether oxygens (including phenoxy) is 1. The predicted octanol–water partition coefficient (Wildman–Crippen LogP) is 1.83. The van der Waals surface area contributed by atoms with Gasteiger partial charge >= 0.3 is 0 Å². The molecule has 1 heterocycles. The highest BCUT2D eigenvalue weighted by Gasteiger charge is 2.14. The first-order chi connectivity index (χ1) is 9.20. The molecule has 1 saturated heterocycles. The molecule has 0 radical (unpaired) electrons. The maximum absolute atomic E-state index is 12.1. The number of halogens is 1. The van der Waals surface area contributed by atoms with Gasteiger partial charge in [-0.05, 0) is 18.2 Å². The van der Waals surface area contributed by atoms with Crippen molar-refractivity contribution in [2.24, 2.45) is 0 Å². The monoisotopic (exact) mass is 282 g/mol. The summed E-state index contributed by atoms with van der Waals surface area (Å²) in [5.74, 6) is 0.759. The SMILES string of the molecule is COc1ccc(C(=O)CCN2CCNCC2)c(Cl)c1. The van der Waals surface area contributed by atoms with E-state index in [2.05, 4.69) is 10.2 Å². The second-order valence-electron chi connectivity index (χ2n) is 4.61. The number of carbonyl (C=O) groups excluding carboxylic acids is 1. The molecular weight excluding hydrogens is 264 g/mol. The summed E-state index contributed by atoms with van der Waals surface area (Å²) in [6, 6.07) is 5.19. The molecule has 0 saturated carbocycles. The summed E-state index contributed by atoms with van der Waals surface area (Å²) < 4.78 is 5.07. The van der Waals surface area contributed by atoms with Gasteiger partial charge < -0.3 is 15.0 Å². The van der Waals surface area contributed by atoms with Crippen LogP contribution in [-0.4, -0.2) is 50.5 Å². The van der Waals surface area contributed by atoms with Crippen LogP contribution in [0.25, 0.3) is 0 Å². The highest BCUT2D eigenvalue weighted by atomic mass is 35.5. The Labute approximate surface area is 118 Å². The van der Waals surface area contributed by atoms with Crippen LogP contribution in [-0.2, 0) is 0 Å². The number of nitrogens with zero attached hydrogens (tertiary/aromatic N) is 1. The Balaban J connectivity index is 1.92. The van der Waals surface area contributed by atoms with E-state index in [9.17, 15) is 4.79 Å². The molecule has 0 amide bonds. The number of rotatable bonds is 5. The second-order valence-corrected chi connectivity index (χ2v) is 5.02. The molecule has 5 heteroatoms. The van der Waals surface area contributed by atoms with Crippen LogP contribution in [0.3, 0.4) is 0 Å². The largest absolute Gasteiger partial charge is 0.497 e. The lowest BCUT2D eigenvalue weighted by Crippen LogP contribution is -2.44. The molecule has 1 N–H and O–H groups in total. The Hall–Kier alpha value is -1.10. The zero-order chi connectivity index (χ0) is 13.7. The quantitative estimate of drug-likeness (QED) is 0.837. The van der Waals surface area contributed by atoms with Gasteiger partial charge in [0.1, 0.15) is 5.75 Å². The Morgan fingerprint density at radius 1 is 1.42 bits per heavy atom. The molecule has 0 bridgehead atoms. The number of piperazine rings is 1. The lowest BCUT2D eigenvalue weighted by Gasteiger charge is -2.26. The molecule has 1 aromatic carbocycles. The summed E-state index contributed by atoms with van der Waals surface area (Å²) in [6.45, 7) is 4.80. The first-order valence-corrected chi connectivity index (χ1v) is 6.88. The fraction of sp³-hybridized carbons (Fsp3) is 0.500. The minimum Gasteiger partial charge on any atom is -0.497 e. The third-order valence-corrected chi connectivity index (χ3v) is 3.65. The molecule has 1 aromatic rings. The van der Waals surface area contributed by atoms with Crippen molar-refractivity contribution < 1.29 is 9.53 Å². The summed E-state index contributed by atoms with van der Waals surface area (Å²) >= 11 is 6.10. The molecule has 2 rings (SSSR count). The summed E-state index contributed by atoms with van der Waals surface area (Å²) in [6.07, 6.45) is 0.506. The van der Waals surface area contributed by atoms with Crippen molar-refractivity contribution in [1.29, 1.82) is 0 Å². The lowest BCUT2D eigenvalue weighted by atomic mass is 10.1. The topological polar surface area (TPSA) is 41.6 Å². The van der Waals surface area contributed by atoms with E-state index in [0.717, 1.165) is 32.7 Å². The molecule has 4 nitrogen and oxygen atoms in total. The number of carbonyl (C=O) groups is 1. The molecule has 0 unspecified atom stereocenters. The average Bonchev–Trinajstić information content (AvgIpc) is 2.45. The third kappa shape index (κ3) is 3.93. The molecule has 104 valence electrons. The van der Waals surface area contributed by atoms with E-state index in [1.807, 2.05) is 0 Å². The van der Waals surface area contributed by atoms with Crippen molar-refractivity contribution in [1.82, 2.24) is 10.2 Å². The molecule has 0 atom stereocenters. The van der Waals surface area contributed by atoms with Crippen LogP contribution in [0.1, 0.15) is 16.8 Å². The van der Waals surface area contributed by atoms with Gasteiger partial charge in [-0.1, -0.05) is 11.6 Å². The van der Waals surface area contributed by atoms with E-state index >= 15 is 0 Å². The summed E-state index contributed by atoms with van der Waals surface area (Å²) in [4.78, 5) is 14.4. The lowest BCUT2D eigenvalue weighted by molar-refractivity contribution is 0.0961. The van der Waals surface area contributed by atoms with E-state index in [-0.39, 0.29) is 5.78 Å². The fourth-order valence-electron chi connectivity index (χ4n) is 2.18. The van der Waals surface area contributed by atoms with Gasteiger partial charge in [0.25, 0.3) is 0 Å². The molecule has 1 aliphatic heterocycles. The number of hydrogen-bond acceptors (Lipinski definition) is 4. The van der Waals surface area contributed by atoms with Crippen LogP contribution in [0.4, 0.5) is 0 Å². The zero-order valence-corrected chi connectivity index (χ0v) is 11.9. The van der Waals surface area contributed by atoms with Crippen molar-refractivity contribution in [2.75, 3.05) is 39.8 Å². The van der Waals surface area contributed by atoms with Gasteiger partial charge in [0.05, 0.1) is 12.1 Å². The van der Waals surface area contributed by atoms with Gasteiger partial charge in [-0.15, -0.1) is 0 Å². The average molecular weight is 283 g/mol. The Bertz CT molecular complexity index is 445. The van der Waals surface area contributed by atoms with Crippen LogP contribution in [0, 0.1) is 0 Å². The Morgan fingerprint density at radius 3 is 2.79 bits per heavy atom. The van der Waals surface area contributed by atoms with Gasteiger partial charge in [0.15, 0.2) is 5.78 Å². The van der Waals surface area contributed by atoms with E-state index in [0.29, 0.717) is 22.8 Å². The van der Waals surface area contributed by atoms with Gasteiger partial charge in [-0.25, -0.2) is 0 Å². The zero-order valence-electron chi connectivity index (χ0n) is 11.1. The van der Waals surface area contributed by atoms with Gasteiger partial charge in [-0.3, -0.25) is 4.79 Å². The van der Waals surface area contributed by atoms with Crippen LogP contribution in [0.15, 0.2) is 18.2 Å². The van der Waals surface area contributed by atoms with Crippen LogP contribution < -0.4 is 10.1 Å². The molecule has 0 aromatic heterocycles. The summed E-state index contributed by atoms with van der Waals surface area (Å²) in [5.41, 5.74) is 0.581. The number of hydrogen-bond donors (Lipinski definition) is 1. The number of nitrogens with one attached hydrogen (secondary N) is 1. The highest BCUT2D eigenvalue weighted by Crippen LogP contribution is 2.23. The first kappa shape index (κ1) is 14.3. The molecule has 1 aliphatic rings. The smallest absolute Gasteiger partial charge is 0.165 e. The normalized spacial score (nSPS) is 16.3. The minimum atomic E-state index is 0.0891. The Kier molecular flexibility index (Phi) is 5.19. The van der Waals surface area contributed by atoms with E-state index in [4.69, 9.17) is 16.3 Å². The molecular formula is C14H19ClN2O2. The van der Waals surface area contributed by atoms with Gasteiger partial charge in [0.2, 0.25) is 0 Å². The first-order valence-electron chi connectivity index (χ1n) is 6.50. The van der Waals surface area contributed by atoms with Gasteiger partial charge in [-0.2, -0.15) is 0 Å². The predicted molar refractivity (Wildman–Crippen MR) is 76.3 cm³/mol. The van der Waals surface area contributed by atoms with Crippen molar-refractivity contribution in [2.45, 2.75) is 6.42 Å². The van der Waals surface area contributed by atoms with Crippen molar-refractivity contribution in [3.63, 3.8) is 0 Å². The van der Waals surface area contributed by atoms with E-state index < -0.39 is 0 Å². The number of benzene rings is 1. The second kappa shape index (κ2) is 6.89. The van der Waals surface area contributed by atoms with Crippen LogP contribution >= 0.6 is 11.6 Å². The number of Topliss-reactive ketones (excluding diaryl/α,β-unsaturated/α-hetero) is 1. The van der Waals surface area contributed by atoms with Crippen LogP contribution in [0.2, 0.25) is 5.02 Å². The number of ketones is 1.